The van der Waals surface area contributed by atoms with Gasteiger partial charge in [0.1, 0.15) is 5.65 Å². The summed E-state index contributed by atoms with van der Waals surface area (Å²) in [6.07, 6.45) is 5.23. The molecule has 0 amide bonds. The largest absolute Gasteiger partial charge is 0.288 e. The second-order valence-electron chi connectivity index (χ2n) is 7.44. The van der Waals surface area contributed by atoms with Crippen LogP contribution in [0.1, 0.15) is 37.2 Å². The minimum Gasteiger partial charge on any atom is -0.288 e. The Hall–Kier alpha value is -1.89. The first kappa shape index (κ1) is 17.2. The third kappa shape index (κ3) is 2.70. The van der Waals surface area contributed by atoms with Crippen molar-refractivity contribution in [3.63, 3.8) is 0 Å². The van der Waals surface area contributed by atoms with Gasteiger partial charge in [0, 0.05) is 18.3 Å². The zero-order valence-electron chi connectivity index (χ0n) is 14.7. The number of pyridine rings is 1. The Kier molecular flexibility index (Phi) is 4.04. The van der Waals surface area contributed by atoms with Gasteiger partial charge in [-0.25, -0.2) is 13.4 Å². The molecule has 2 fully saturated rings. The lowest BCUT2D eigenvalue weighted by Crippen LogP contribution is -2.46. The third-order valence-electron chi connectivity index (χ3n) is 5.91. The van der Waals surface area contributed by atoms with Crippen molar-refractivity contribution in [1.82, 2.24) is 13.7 Å². The summed E-state index contributed by atoms with van der Waals surface area (Å²) in [7, 11) is -3.72. The fourth-order valence-electron chi connectivity index (χ4n) is 4.80. The Labute approximate surface area is 163 Å². The molecule has 3 aromatic rings. The van der Waals surface area contributed by atoms with Crippen molar-refractivity contribution in [3.8, 4) is 0 Å². The molecule has 2 bridgehead atoms. The lowest BCUT2D eigenvalue weighted by Gasteiger charge is -2.38. The van der Waals surface area contributed by atoms with E-state index in [-0.39, 0.29) is 22.3 Å². The summed E-state index contributed by atoms with van der Waals surface area (Å²) in [5, 5.41) is 0.139. The lowest BCUT2D eigenvalue weighted by atomic mass is 9.86. The van der Waals surface area contributed by atoms with Gasteiger partial charge >= 0.3 is 0 Å². The molecule has 2 aliphatic rings. The standard InChI is InChI=1S/C20H20ClN3O2S/c21-19-20(23-11-5-4-8-18(23)22-19)27(25,26)24-16-9-10-17(24)13-15(12-16)14-6-2-1-3-7-14/h1-8,11,15-17H,9-10,12-13H2/t15?,16-,17+. The average Bonchev–Trinajstić information content (AvgIpc) is 3.16. The maximum atomic E-state index is 13.6. The normalized spacial score (nSPS) is 25.9. The molecule has 3 atom stereocenters. The van der Waals surface area contributed by atoms with E-state index in [1.807, 2.05) is 12.1 Å². The van der Waals surface area contributed by atoms with Crippen LogP contribution >= 0.6 is 11.6 Å². The van der Waals surface area contributed by atoms with Crippen LogP contribution in [0.5, 0.6) is 0 Å². The number of aromatic nitrogens is 2. The summed E-state index contributed by atoms with van der Waals surface area (Å²) >= 11 is 6.27. The molecule has 1 unspecified atom stereocenters. The number of hydrogen-bond donors (Lipinski definition) is 0. The fourth-order valence-corrected chi connectivity index (χ4v) is 7.30. The number of imidazole rings is 1. The van der Waals surface area contributed by atoms with Gasteiger partial charge in [0.05, 0.1) is 0 Å². The van der Waals surface area contributed by atoms with Crippen molar-refractivity contribution in [2.45, 2.75) is 48.7 Å². The number of halogens is 1. The average molecular weight is 402 g/mol. The van der Waals surface area contributed by atoms with Crippen molar-refractivity contribution in [1.29, 1.82) is 0 Å². The number of fused-ring (bicyclic) bond motifs is 3. The molecule has 0 aliphatic carbocycles. The lowest BCUT2D eigenvalue weighted by molar-refractivity contribution is 0.225. The number of piperidine rings is 1. The van der Waals surface area contributed by atoms with Crippen LogP contribution in [0.2, 0.25) is 5.15 Å². The van der Waals surface area contributed by atoms with E-state index in [1.54, 1.807) is 27.0 Å². The zero-order chi connectivity index (χ0) is 18.6. The summed E-state index contributed by atoms with van der Waals surface area (Å²) in [6, 6.07) is 15.8. The van der Waals surface area contributed by atoms with Crippen molar-refractivity contribution in [2.75, 3.05) is 0 Å². The minimum absolute atomic E-state index is 0.0179. The summed E-state index contributed by atoms with van der Waals surface area (Å²) in [5.41, 5.74) is 1.85. The molecule has 2 aromatic heterocycles. The predicted octanol–water partition coefficient (Wildman–Crippen LogP) is 4.09. The van der Waals surface area contributed by atoms with E-state index in [0.29, 0.717) is 11.6 Å². The highest BCUT2D eigenvalue weighted by Gasteiger charge is 2.48. The van der Waals surface area contributed by atoms with E-state index in [4.69, 9.17) is 11.6 Å². The van der Waals surface area contributed by atoms with Gasteiger partial charge in [0.2, 0.25) is 0 Å². The van der Waals surface area contributed by atoms with Crippen LogP contribution < -0.4 is 0 Å². The molecule has 2 saturated heterocycles. The van der Waals surface area contributed by atoms with E-state index >= 15 is 0 Å². The van der Waals surface area contributed by atoms with Crippen LogP contribution in [0, 0.1) is 0 Å². The quantitative estimate of drug-likeness (QED) is 0.664. The Morgan fingerprint density at radius 2 is 1.63 bits per heavy atom. The van der Waals surface area contributed by atoms with E-state index in [1.165, 1.54) is 5.56 Å². The summed E-state index contributed by atoms with van der Waals surface area (Å²) in [6.45, 7) is 0. The maximum absolute atomic E-state index is 13.6. The maximum Gasteiger partial charge on any atom is 0.262 e. The van der Waals surface area contributed by atoms with Crippen LogP contribution in [-0.4, -0.2) is 34.2 Å². The van der Waals surface area contributed by atoms with Crippen molar-refractivity contribution in [2.24, 2.45) is 0 Å². The van der Waals surface area contributed by atoms with Gasteiger partial charge in [-0.1, -0.05) is 48.0 Å². The van der Waals surface area contributed by atoms with Crippen LogP contribution in [0.3, 0.4) is 0 Å². The SMILES string of the molecule is O=S(=O)(c1c(Cl)nc2ccccn12)N1[C@@H]2CC[C@H]1CC(c1ccccc1)C2. The molecule has 2 aliphatic heterocycles. The van der Waals surface area contributed by atoms with Crippen molar-refractivity contribution >= 4 is 27.3 Å². The molecule has 7 heteroatoms. The first-order valence-corrected chi connectivity index (χ1v) is 11.1. The number of sulfonamides is 1. The number of rotatable bonds is 3. The fraction of sp³-hybridized carbons (Fsp3) is 0.350. The van der Waals surface area contributed by atoms with Crippen LogP contribution in [0.15, 0.2) is 59.8 Å². The molecule has 0 radical (unpaired) electrons. The molecule has 140 valence electrons. The molecule has 5 rings (SSSR count). The molecule has 0 spiro atoms. The number of nitrogens with zero attached hydrogens (tertiary/aromatic N) is 3. The van der Waals surface area contributed by atoms with E-state index < -0.39 is 10.0 Å². The molecule has 0 saturated carbocycles. The van der Waals surface area contributed by atoms with Crippen molar-refractivity contribution in [3.05, 3.63) is 65.4 Å². The molecule has 5 nitrogen and oxygen atoms in total. The van der Waals surface area contributed by atoms with E-state index in [9.17, 15) is 8.42 Å². The highest BCUT2D eigenvalue weighted by Crippen LogP contribution is 2.46. The molecular formula is C20H20ClN3O2S. The molecule has 0 N–H and O–H groups in total. The number of hydrogen-bond acceptors (Lipinski definition) is 3. The van der Waals surface area contributed by atoms with Crippen LogP contribution in [-0.2, 0) is 10.0 Å². The monoisotopic (exact) mass is 401 g/mol. The van der Waals surface area contributed by atoms with Crippen LogP contribution in [0.4, 0.5) is 0 Å². The second kappa shape index (κ2) is 6.33. The van der Waals surface area contributed by atoms with E-state index in [2.05, 4.69) is 29.2 Å². The van der Waals surface area contributed by atoms with Gasteiger partial charge in [-0.05, 0) is 49.3 Å². The topological polar surface area (TPSA) is 54.7 Å². The molecule has 27 heavy (non-hydrogen) atoms. The Morgan fingerprint density at radius 1 is 0.963 bits per heavy atom. The third-order valence-corrected chi connectivity index (χ3v) is 8.31. The summed E-state index contributed by atoms with van der Waals surface area (Å²) in [5.74, 6) is 0.410. The van der Waals surface area contributed by atoms with Gasteiger partial charge in [0.25, 0.3) is 10.0 Å². The summed E-state index contributed by atoms with van der Waals surface area (Å²) in [4.78, 5) is 4.23. The minimum atomic E-state index is -3.72. The van der Waals surface area contributed by atoms with E-state index in [0.717, 1.165) is 25.7 Å². The summed E-state index contributed by atoms with van der Waals surface area (Å²) < 4.78 is 30.4. The Bertz CT molecular complexity index is 1080. The molecular weight excluding hydrogens is 382 g/mol. The Balaban J connectivity index is 1.53. The van der Waals surface area contributed by atoms with Crippen LogP contribution in [0.25, 0.3) is 5.65 Å². The first-order valence-electron chi connectivity index (χ1n) is 9.27. The van der Waals surface area contributed by atoms with Gasteiger partial charge in [-0.3, -0.25) is 4.40 Å². The Morgan fingerprint density at radius 3 is 2.33 bits per heavy atom. The van der Waals surface area contributed by atoms with Crippen molar-refractivity contribution < 1.29 is 8.42 Å². The van der Waals surface area contributed by atoms with Gasteiger partial charge in [-0.2, -0.15) is 4.31 Å². The smallest absolute Gasteiger partial charge is 0.262 e. The second-order valence-corrected chi connectivity index (χ2v) is 9.55. The molecule has 1 aromatic carbocycles. The highest BCUT2D eigenvalue weighted by molar-refractivity contribution is 7.89. The highest BCUT2D eigenvalue weighted by atomic mass is 35.5. The predicted molar refractivity (Wildman–Crippen MR) is 104 cm³/mol. The zero-order valence-corrected chi connectivity index (χ0v) is 16.3. The van der Waals surface area contributed by atoms with Gasteiger partial charge < -0.3 is 0 Å². The first-order chi connectivity index (χ1) is 13.1. The van der Waals surface area contributed by atoms with Gasteiger partial charge in [-0.15, -0.1) is 0 Å². The molecule has 4 heterocycles. The van der Waals surface area contributed by atoms with Gasteiger partial charge in [0.15, 0.2) is 10.2 Å². The number of benzene rings is 1.